The summed E-state index contributed by atoms with van der Waals surface area (Å²) in [6, 6.07) is 0. The quantitative estimate of drug-likeness (QED) is 0.450. The standard InChI is InChI=1S/C18H36N2O2/c1-3-5-7-9-10-11-12-14-17(21)20-16-18(22)19-15-13-8-6-4-2/h3-16H2,1-2H3,(H,19,22)(H,20,21). The van der Waals surface area contributed by atoms with Gasteiger partial charge in [0.25, 0.3) is 0 Å². The molecule has 4 nitrogen and oxygen atoms in total. The number of hydrogen-bond acceptors (Lipinski definition) is 2. The summed E-state index contributed by atoms with van der Waals surface area (Å²) >= 11 is 0. The molecule has 0 heterocycles. The van der Waals surface area contributed by atoms with E-state index in [4.69, 9.17) is 0 Å². The van der Waals surface area contributed by atoms with Crippen LogP contribution in [0.15, 0.2) is 0 Å². The third kappa shape index (κ3) is 15.3. The van der Waals surface area contributed by atoms with E-state index in [9.17, 15) is 9.59 Å². The van der Waals surface area contributed by atoms with E-state index in [1.54, 1.807) is 0 Å². The summed E-state index contributed by atoms with van der Waals surface area (Å²) in [5.74, 6) is -0.0842. The fraction of sp³-hybridized carbons (Fsp3) is 0.889. The highest BCUT2D eigenvalue weighted by Gasteiger charge is 2.04. The molecule has 2 N–H and O–H groups in total. The first kappa shape index (κ1) is 20.9. The SMILES string of the molecule is CCCCCCCCCC(=O)NCC(=O)NCCCCCC. The number of unbranched alkanes of at least 4 members (excludes halogenated alkanes) is 9. The van der Waals surface area contributed by atoms with E-state index in [-0.39, 0.29) is 18.4 Å². The van der Waals surface area contributed by atoms with Gasteiger partial charge in [0, 0.05) is 13.0 Å². The molecule has 0 aromatic heterocycles. The van der Waals surface area contributed by atoms with Crippen LogP contribution in [0.3, 0.4) is 0 Å². The Kier molecular flexibility index (Phi) is 15.5. The number of amides is 2. The van der Waals surface area contributed by atoms with Gasteiger partial charge in [0.1, 0.15) is 0 Å². The Morgan fingerprint density at radius 3 is 1.82 bits per heavy atom. The van der Waals surface area contributed by atoms with Crippen LogP contribution in [-0.2, 0) is 9.59 Å². The lowest BCUT2D eigenvalue weighted by molar-refractivity contribution is -0.126. The summed E-state index contributed by atoms with van der Waals surface area (Å²) in [5, 5.41) is 5.53. The fourth-order valence-corrected chi connectivity index (χ4v) is 2.35. The Morgan fingerprint density at radius 2 is 1.18 bits per heavy atom. The van der Waals surface area contributed by atoms with Crippen molar-refractivity contribution in [2.45, 2.75) is 90.9 Å². The van der Waals surface area contributed by atoms with E-state index in [1.165, 1.54) is 44.9 Å². The Hall–Kier alpha value is -1.06. The van der Waals surface area contributed by atoms with Crippen molar-refractivity contribution in [1.82, 2.24) is 10.6 Å². The van der Waals surface area contributed by atoms with Gasteiger partial charge in [-0.05, 0) is 12.8 Å². The van der Waals surface area contributed by atoms with Crippen LogP contribution in [0.4, 0.5) is 0 Å². The summed E-state index contributed by atoms with van der Waals surface area (Å²) in [6.07, 6.45) is 13.5. The molecule has 0 bridgehead atoms. The van der Waals surface area contributed by atoms with E-state index in [1.807, 2.05) is 0 Å². The van der Waals surface area contributed by atoms with Crippen LogP contribution in [0.2, 0.25) is 0 Å². The predicted molar refractivity (Wildman–Crippen MR) is 92.8 cm³/mol. The zero-order chi connectivity index (χ0) is 16.5. The van der Waals surface area contributed by atoms with E-state index < -0.39 is 0 Å². The number of carbonyl (C=O) groups excluding carboxylic acids is 2. The van der Waals surface area contributed by atoms with Gasteiger partial charge in [0.15, 0.2) is 0 Å². The molecule has 130 valence electrons. The molecular formula is C18H36N2O2. The minimum Gasteiger partial charge on any atom is -0.355 e. The van der Waals surface area contributed by atoms with Gasteiger partial charge in [-0.15, -0.1) is 0 Å². The third-order valence-corrected chi connectivity index (χ3v) is 3.81. The van der Waals surface area contributed by atoms with Crippen LogP contribution < -0.4 is 10.6 Å². The van der Waals surface area contributed by atoms with Gasteiger partial charge in [0.05, 0.1) is 6.54 Å². The van der Waals surface area contributed by atoms with Crippen molar-refractivity contribution in [3.05, 3.63) is 0 Å². The molecule has 0 fully saturated rings. The van der Waals surface area contributed by atoms with Crippen LogP contribution in [0.25, 0.3) is 0 Å². The molecule has 0 aromatic rings. The molecule has 0 aliphatic heterocycles. The molecule has 0 aliphatic carbocycles. The predicted octanol–water partition coefficient (Wildman–Crippen LogP) is 3.94. The van der Waals surface area contributed by atoms with Crippen molar-refractivity contribution >= 4 is 11.8 Å². The largest absolute Gasteiger partial charge is 0.355 e. The highest BCUT2D eigenvalue weighted by Crippen LogP contribution is 2.08. The second kappa shape index (κ2) is 16.3. The number of rotatable bonds is 15. The molecule has 2 amide bonds. The first-order valence-electron chi connectivity index (χ1n) is 9.24. The van der Waals surface area contributed by atoms with Crippen molar-refractivity contribution in [2.75, 3.05) is 13.1 Å². The summed E-state index contributed by atoms with van der Waals surface area (Å²) in [6.45, 7) is 5.21. The first-order chi connectivity index (χ1) is 10.7. The maximum Gasteiger partial charge on any atom is 0.239 e. The summed E-state index contributed by atoms with van der Waals surface area (Å²) in [5.41, 5.74) is 0. The van der Waals surface area contributed by atoms with E-state index in [2.05, 4.69) is 24.5 Å². The van der Waals surface area contributed by atoms with Crippen molar-refractivity contribution in [3.8, 4) is 0 Å². The summed E-state index contributed by atoms with van der Waals surface area (Å²) in [7, 11) is 0. The second-order valence-electron chi connectivity index (χ2n) is 6.06. The zero-order valence-electron chi connectivity index (χ0n) is 14.7. The molecule has 0 saturated carbocycles. The van der Waals surface area contributed by atoms with Crippen molar-refractivity contribution in [3.63, 3.8) is 0 Å². The summed E-state index contributed by atoms with van der Waals surface area (Å²) < 4.78 is 0. The van der Waals surface area contributed by atoms with E-state index in [0.717, 1.165) is 25.7 Å². The van der Waals surface area contributed by atoms with Crippen molar-refractivity contribution < 1.29 is 9.59 Å². The lowest BCUT2D eigenvalue weighted by Gasteiger charge is -2.07. The number of hydrogen-bond donors (Lipinski definition) is 2. The molecule has 0 radical (unpaired) electrons. The highest BCUT2D eigenvalue weighted by atomic mass is 16.2. The van der Waals surface area contributed by atoms with Crippen LogP contribution in [0.5, 0.6) is 0 Å². The molecule has 22 heavy (non-hydrogen) atoms. The molecule has 0 aliphatic rings. The molecule has 0 aromatic carbocycles. The van der Waals surface area contributed by atoms with Crippen LogP contribution in [0, 0.1) is 0 Å². The second-order valence-corrected chi connectivity index (χ2v) is 6.06. The third-order valence-electron chi connectivity index (χ3n) is 3.81. The van der Waals surface area contributed by atoms with Gasteiger partial charge < -0.3 is 10.6 Å². The molecule has 0 atom stereocenters. The topological polar surface area (TPSA) is 58.2 Å². The van der Waals surface area contributed by atoms with Gasteiger partial charge in [-0.25, -0.2) is 0 Å². The Balaban J connectivity index is 3.35. The number of nitrogens with one attached hydrogen (secondary N) is 2. The molecule has 0 rings (SSSR count). The normalized spacial score (nSPS) is 10.5. The molecule has 0 saturated heterocycles. The fourth-order valence-electron chi connectivity index (χ4n) is 2.35. The van der Waals surface area contributed by atoms with E-state index in [0.29, 0.717) is 13.0 Å². The van der Waals surface area contributed by atoms with Crippen molar-refractivity contribution in [1.29, 1.82) is 0 Å². The van der Waals surface area contributed by atoms with Crippen LogP contribution >= 0.6 is 0 Å². The van der Waals surface area contributed by atoms with Crippen molar-refractivity contribution in [2.24, 2.45) is 0 Å². The minimum absolute atomic E-state index is 0.00492. The highest BCUT2D eigenvalue weighted by molar-refractivity contribution is 5.84. The maximum absolute atomic E-state index is 11.6. The Bertz CT molecular complexity index is 280. The Morgan fingerprint density at radius 1 is 0.636 bits per heavy atom. The van der Waals surface area contributed by atoms with Gasteiger partial charge in [-0.2, -0.15) is 0 Å². The smallest absolute Gasteiger partial charge is 0.239 e. The monoisotopic (exact) mass is 312 g/mol. The van der Waals surface area contributed by atoms with Gasteiger partial charge in [-0.1, -0.05) is 71.6 Å². The maximum atomic E-state index is 11.6. The first-order valence-corrected chi connectivity index (χ1v) is 9.24. The van der Waals surface area contributed by atoms with Gasteiger partial charge >= 0.3 is 0 Å². The van der Waals surface area contributed by atoms with Gasteiger partial charge in [-0.3, -0.25) is 9.59 Å². The molecule has 0 spiro atoms. The van der Waals surface area contributed by atoms with Crippen LogP contribution in [-0.4, -0.2) is 24.9 Å². The lowest BCUT2D eigenvalue weighted by atomic mass is 10.1. The average molecular weight is 312 g/mol. The minimum atomic E-state index is -0.0792. The van der Waals surface area contributed by atoms with Gasteiger partial charge in [0.2, 0.25) is 11.8 Å². The molecule has 0 unspecified atom stereocenters. The number of carbonyl (C=O) groups is 2. The summed E-state index contributed by atoms with van der Waals surface area (Å²) in [4.78, 5) is 23.1. The van der Waals surface area contributed by atoms with E-state index >= 15 is 0 Å². The Labute approximate surface area is 136 Å². The van der Waals surface area contributed by atoms with Crippen LogP contribution in [0.1, 0.15) is 90.9 Å². The molecular weight excluding hydrogens is 276 g/mol. The zero-order valence-corrected chi connectivity index (χ0v) is 14.7. The average Bonchev–Trinajstić information content (AvgIpc) is 2.52. The molecule has 4 heteroatoms. The lowest BCUT2D eigenvalue weighted by Crippen LogP contribution is -2.37.